The Kier molecular flexibility index (Phi) is 3.66. The molecule has 2 N–H and O–H groups in total. The Balaban J connectivity index is 1.96. The fourth-order valence-corrected chi connectivity index (χ4v) is 2.11. The van der Waals surface area contributed by atoms with Gasteiger partial charge in [0, 0.05) is 23.3 Å². The molecule has 0 atom stereocenters. The van der Waals surface area contributed by atoms with Crippen LogP contribution in [0.3, 0.4) is 0 Å². The molecule has 3 rings (SSSR count). The molecule has 0 radical (unpaired) electrons. The molecule has 108 valence electrons. The number of aromatic amines is 1. The molecule has 7 heteroatoms. The average molecular weight is 292 g/mol. The summed E-state index contributed by atoms with van der Waals surface area (Å²) in [7, 11) is 1.63. The number of nitrogens with one attached hydrogen (secondary N) is 2. The maximum absolute atomic E-state index is 9.14. The van der Waals surface area contributed by atoms with Crippen molar-refractivity contribution in [2.24, 2.45) is 0 Å². The van der Waals surface area contributed by atoms with Crippen molar-refractivity contribution < 1.29 is 4.74 Å². The van der Waals surface area contributed by atoms with Crippen LogP contribution in [0.2, 0.25) is 0 Å². The van der Waals surface area contributed by atoms with Crippen LogP contribution in [0.5, 0.6) is 5.75 Å². The van der Waals surface area contributed by atoms with Gasteiger partial charge in [-0.1, -0.05) is 24.3 Å². The highest BCUT2D eigenvalue weighted by Crippen LogP contribution is 2.29. The van der Waals surface area contributed by atoms with Gasteiger partial charge in [0.2, 0.25) is 5.82 Å². The first-order chi connectivity index (χ1) is 10.8. The number of nitrogens with zero attached hydrogens (tertiary/aromatic N) is 4. The molecule has 0 saturated heterocycles. The van der Waals surface area contributed by atoms with Crippen LogP contribution in [0.1, 0.15) is 5.82 Å². The van der Waals surface area contributed by atoms with E-state index in [1.165, 1.54) is 6.20 Å². The van der Waals surface area contributed by atoms with E-state index in [-0.39, 0.29) is 11.4 Å². The van der Waals surface area contributed by atoms with Crippen LogP contribution in [0, 0.1) is 11.3 Å². The van der Waals surface area contributed by atoms with Gasteiger partial charge >= 0.3 is 0 Å². The molecule has 0 unspecified atom stereocenters. The number of hydrogen-bond acceptors (Lipinski definition) is 6. The van der Waals surface area contributed by atoms with Gasteiger partial charge < -0.3 is 10.1 Å². The predicted octanol–water partition coefficient (Wildman–Crippen LogP) is 2.34. The van der Waals surface area contributed by atoms with Gasteiger partial charge in [-0.25, -0.2) is 0 Å². The first-order valence-electron chi connectivity index (χ1n) is 6.49. The van der Waals surface area contributed by atoms with Gasteiger partial charge in [-0.3, -0.25) is 0 Å². The van der Waals surface area contributed by atoms with Crippen molar-refractivity contribution in [3.05, 3.63) is 48.4 Å². The zero-order chi connectivity index (χ0) is 15.4. The van der Waals surface area contributed by atoms with E-state index < -0.39 is 0 Å². The topological polar surface area (TPSA) is 99.5 Å². The summed E-state index contributed by atoms with van der Waals surface area (Å²) >= 11 is 0. The number of benzene rings is 2. The van der Waals surface area contributed by atoms with Gasteiger partial charge in [-0.2, -0.15) is 10.5 Å². The SMILES string of the molecule is COc1cc(NC=C(C#N)c2nn[nH]n2)cc2ccccc12. The van der Waals surface area contributed by atoms with Gasteiger partial charge in [-0.05, 0) is 16.7 Å². The molecule has 0 aliphatic heterocycles. The number of nitriles is 1. The molecular formula is C15H12N6O. The van der Waals surface area contributed by atoms with E-state index in [1.807, 2.05) is 42.5 Å². The summed E-state index contributed by atoms with van der Waals surface area (Å²) in [6.07, 6.45) is 1.54. The number of fused-ring (bicyclic) bond motifs is 1. The van der Waals surface area contributed by atoms with Gasteiger partial charge in [0.05, 0.1) is 7.11 Å². The van der Waals surface area contributed by atoms with E-state index >= 15 is 0 Å². The summed E-state index contributed by atoms with van der Waals surface area (Å²) in [5, 5.41) is 27.6. The molecule has 1 heterocycles. The monoisotopic (exact) mass is 292 g/mol. The zero-order valence-electron chi connectivity index (χ0n) is 11.7. The summed E-state index contributed by atoms with van der Waals surface area (Å²) in [5.41, 5.74) is 1.08. The van der Waals surface area contributed by atoms with E-state index in [4.69, 9.17) is 10.00 Å². The van der Waals surface area contributed by atoms with Gasteiger partial charge in [0.15, 0.2) is 0 Å². The second kappa shape index (κ2) is 5.93. The molecule has 22 heavy (non-hydrogen) atoms. The van der Waals surface area contributed by atoms with Crippen molar-refractivity contribution in [2.75, 3.05) is 12.4 Å². The molecule has 0 saturated carbocycles. The number of allylic oxidation sites excluding steroid dienone is 1. The van der Waals surface area contributed by atoms with Crippen LogP contribution in [0.25, 0.3) is 16.3 Å². The lowest BCUT2D eigenvalue weighted by Crippen LogP contribution is -1.94. The number of anilines is 1. The Morgan fingerprint density at radius 2 is 2.23 bits per heavy atom. The van der Waals surface area contributed by atoms with Crippen molar-refractivity contribution in [3.8, 4) is 11.8 Å². The number of rotatable bonds is 4. The van der Waals surface area contributed by atoms with E-state index in [1.54, 1.807) is 7.11 Å². The van der Waals surface area contributed by atoms with Crippen LogP contribution in [-0.2, 0) is 0 Å². The maximum atomic E-state index is 9.14. The largest absolute Gasteiger partial charge is 0.496 e. The van der Waals surface area contributed by atoms with Gasteiger partial charge in [0.25, 0.3) is 0 Å². The fourth-order valence-electron chi connectivity index (χ4n) is 2.11. The number of aromatic nitrogens is 4. The first-order valence-corrected chi connectivity index (χ1v) is 6.49. The molecular weight excluding hydrogens is 280 g/mol. The van der Waals surface area contributed by atoms with Crippen molar-refractivity contribution in [2.45, 2.75) is 0 Å². The van der Waals surface area contributed by atoms with Crippen molar-refractivity contribution in [1.82, 2.24) is 20.6 Å². The third kappa shape index (κ3) is 2.58. The van der Waals surface area contributed by atoms with Gasteiger partial charge in [-0.15, -0.1) is 10.2 Å². The molecule has 0 amide bonds. The minimum atomic E-state index is 0.239. The molecule has 0 fully saturated rings. The molecule has 0 bridgehead atoms. The normalized spacial score (nSPS) is 11.2. The quantitative estimate of drug-likeness (QED) is 0.716. The number of methoxy groups -OCH3 is 1. The molecule has 0 aliphatic carbocycles. The molecule has 1 aromatic heterocycles. The number of H-pyrrole nitrogens is 1. The second-order valence-corrected chi connectivity index (χ2v) is 4.45. The Morgan fingerprint density at radius 1 is 1.36 bits per heavy atom. The molecule has 2 aromatic carbocycles. The fraction of sp³-hybridized carbons (Fsp3) is 0.0667. The lowest BCUT2D eigenvalue weighted by atomic mass is 10.1. The Bertz CT molecular complexity index is 863. The zero-order valence-corrected chi connectivity index (χ0v) is 11.7. The lowest BCUT2D eigenvalue weighted by Gasteiger charge is -2.09. The second-order valence-electron chi connectivity index (χ2n) is 4.45. The summed E-state index contributed by atoms with van der Waals surface area (Å²) in [6, 6.07) is 13.8. The highest BCUT2D eigenvalue weighted by molar-refractivity contribution is 5.92. The molecule has 0 aliphatic rings. The molecule has 7 nitrogen and oxygen atoms in total. The van der Waals surface area contributed by atoms with E-state index in [2.05, 4.69) is 25.9 Å². The first kappa shape index (κ1) is 13.6. The summed E-state index contributed by atoms with van der Waals surface area (Å²) in [4.78, 5) is 0. The van der Waals surface area contributed by atoms with Crippen LogP contribution in [-0.4, -0.2) is 27.7 Å². The summed E-state index contributed by atoms with van der Waals surface area (Å²) in [6.45, 7) is 0. The third-order valence-electron chi connectivity index (χ3n) is 3.13. The standard InChI is InChI=1S/C15H12N6O/c1-22-14-7-12(6-10-4-2-3-5-13(10)14)17-9-11(8-16)15-18-20-21-19-15/h2-7,9,17H,1H3,(H,18,19,20,21). The van der Waals surface area contributed by atoms with Gasteiger partial charge in [0.1, 0.15) is 17.4 Å². The van der Waals surface area contributed by atoms with Crippen molar-refractivity contribution in [3.63, 3.8) is 0 Å². The highest BCUT2D eigenvalue weighted by Gasteiger charge is 2.07. The van der Waals surface area contributed by atoms with Crippen molar-refractivity contribution in [1.29, 1.82) is 5.26 Å². The van der Waals surface area contributed by atoms with Crippen molar-refractivity contribution >= 4 is 22.0 Å². The average Bonchev–Trinajstić information content (AvgIpc) is 3.09. The number of hydrogen-bond donors (Lipinski definition) is 2. The smallest absolute Gasteiger partial charge is 0.216 e. The Hall–Kier alpha value is -3.40. The maximum Gasteiger partial charge on any atom is 0.216 e. The number of tetrazole rings is 1. The molecule has 3 aromatic rings. The van der Waals surface area contributed by atoms with Crippen LogP contribution >= 0.6 is 0 Å². The highest BCUT2D eigenvalue weighted by atomic mass is 16.5. The minimum Gasteiger partial charge on any atom is -0.496 e. The predicted molar refractivity (Wildman–Crippen MR) is 81.9 cm³/mol. The lowest BCUT2D eigenvalue weighted by molar-refractivity contribution is 0.420. The molecule has 0 spiro atoms. The van der Waals surface area contributed by atoms with E-state index in [9.17, 15) is 0 Å². The Morgan fingerprint density at radius 3 is 2.95 bits per heavy atom. The summed E-state index contributed by atoms with van der Waals surface area (Å²) < 4.78 is 5.41. The van der Waals surface area contributed by atoms with Crippen LogP contribution < -0.4 is 10.1 Å². The van der Waals surface area contributed by atoms with E-state index in [0.29, 0.717) is 0 Å². The summed E-state index contributed by atoms with van der Waals surface area (Å²) in [5.74, 6) is 0.995. The third-order valence-corrected chi connectivity index (χ3v) is 3.13. The van der Waals surface area contributed by atoms with E-state index in [0.717, 1.165) is 22.2 Å². The Labute approximate surface area is 126 Å². The van der Waals surface area contributed by atoms with Crippen LogP contribution in [0.4, 0.5) is 5.69 Å². The minimum absolute atomic E-state index is 0.239. The number of ether oxygens (including phenoxy) is 1. The van der Waals surface area contributed by atoms with Crippen LogP contribution in [0.15, 0.2) is 42.6 Å².